The number of aryl methyl sites for hydroxylation is 1. The summed E-state index contributed by atoms with van der Waals surface area (Å²) in [5, 5.41) is 0.734. The number of rotatable bonds is 3. The van der Waals surface area contributed by atoms with Crippen LogP contribution in [0.2, 0.25) is 5.02 Å². The number of likely N-dealkylation sites (tertiary alicyclic amines) is 1. The highest BCUT2D eigenvalue weighted by atomic mass is 35.5. The molecule has 2 aromatic heterocycles. The van der Waals surface area contributed by atoms with Crippen molar-refractivity contribution in [2.24, 2.45) is 0 Å². The first-order valence-electron chi connectivity index (χ1n) is 12.1. The van der Waals surface area contributed by atoms with Gasteiger partial charge in [-0.1, -0.05) is 17.7 Å². The Hall–Kier alpha value is -2.73. The molecule has 1 amide bonds. The SMILES string of the molecule is Cc1cc(C2CC2)cc(Cl)c1-c1ccc2ncc([C@@H]3CCCN(C(=O)OC(C)(C)C)C3)nc2n1. The first-order chi connectivity index (χ1) is 16.2. The first-order valence-corrected chi connectivity index (χ1v) is 12.5. The normalized spacial score (nSPS) is 18.9. The summed E-state index contributed by atoms with van der Waals surface area (Å²) in [4.78, 5) is 28.7. The number of carbonyl (C=O) groups is 1. The Bertz CT molecular complexity index is 1230. The molecule has 0 unspecified atom stereocenters. The molecule has 1 saturated carbocycles. The average Bonchev–Trinajstić information content (AvgIpc) is 3.63. The highest BCUT2D eigenvalue weighted by molar-refractivity contribution is 6.33. The summed E-state index contributed by atoms with van der Waals surface area (Å²) in [5.74, 6) is 0.755. The van der Waals surface area contributed by atoms with Gasteiger partial charge in [0, 0.05) is 30.8 Å². The Kier molecular flexibility index (Phi) is 5.96. The van der Waals surface area contributed by atoms with Gasteiger partial charge in [0.25, 0.3) is 0 Å². The molecule has 1 aromatic carbocycles. The van der Waals surface area contributed by atoms with E-state index in [1.165, 1.54) is 18.4 Å². The summed E-state index contributed by atoms with van der Waals surface area (Å²) in [5.41, 5.74) is 5.91. The molecule has 0 spiro atoms. The van der Waals surface area contributed by atoms with Crippen LogP contribution in [0.3, 0.4) is 0 Å². The fraction of sp³-hybridized carbons (Fsp3) is 0.481. The van der Waals surface area contributed by atoms with E-state index in [2.05, 4.69) is 24.0 Å². The van der Waals surface area contributed by atoms with Crippen LogP contribution in [0.25, 0.3) is 22.4 Å². The van der Waals surface area contributed by atoms with Crippen LogP contribution in [0.1, 0.15) is 75.1 Å². The molecular weight excluding hydrogens is 448 g/mol. The van der Waals surface area contributed by atoms with Crippen LogP contribution < -0.4 is 0 Å². The highest BCUT2D eigenvalue weighted by Gasteiger charge is 2.29. The summed E-state index contributed by atoms with van der Waals surface area (Å²) in [6, 6.07) is 8.24. The Labute approximate surface area is 205 Å². The van der Waals surface area contributed by atoms with Crippen LogP contribution in [0.5, 0.6) is 0 Å². The molecular formula is C27H31ClN4O2. The van der Waals surface area contributed by atoms with E-state index in [1.807, 2.05) is 39.1 Å². The van der Waals surface area contributed by atoms with E-state index in [1.54, 1.807) is 4.90 Å². The van der Waals surface area contributed by atoms with E-state index in [-0.39, 0.29) is 12.0 Å². The van der Waals surface area contributed by atoms with Crippen LogP contribution in [0.4, 0.5) is 4.79 Å². The number of ether oxygens (including phenoxy) is 1. The zero-order chi connectivity index (χ0) is 24.0. The smallest absolute Gasteiger partial charge is 0.410 e. The lowest BCUT2D eigenvalue weighted by molar-refractivity contribution is 0.0197. The van der Waals surface area contributed by atoms with Gasteiger partial charge in [0.1, 0.15) is 11.1 Å². The number of nitrogens with zero attached hydrogens (tertiary/aromatic N) is 4. The second kappa shape index (κ2) is 8.81. The Morgan fingerprint density at radius 3 is 2.62 bits per heavy atom. The summed E-state index contributed by atoms with van der Waals surface area (Å²) in [6.45, 7) is 9.02. The monoisotopic (exact) mass is 478 g/mol. The molecule has 0 radical (unpaired) electrons. The van der Waals surface area contributed by atoms with Crippen LogP contribution in [-0.4, -0.2) is 44.6 Å². The van der Waals surface area contributed by atoms with Gasteiger partial charge in [-0.15, -0.1) is 0 Å². The molecule has 1 aliphatic carbocycles. The maximum Gasteiger partial charge on any atom is 0.410 e. The molecule has 2 fully saturated rings. The highest BCUT2D eigenvalue weighted by Crippen LogP contribution is 2.43. The zero-order valence-corrected chi connectivity index (χ0v) is 21.0. The maximum absolute atomic E-state index is 12.6. The van der Waals surface area contributed by atoms with E-state index in [4.69, 9.17) is 26.3 Å². The maximum atomic E-state index is 12.6. The number of hydrogen-bond donors (Lipinski definition) is 0. The number of halogens is 1. The number of piperidine rings is 1. The van der Waals surface area contributed by atoms with Crippen molar-refractivity contribution in [2.45, 2.75) is 70.8 Å². The standard InChI is InChI=1S/C27H31ClN4O2/c1-16-12-19(17-7-8-17)13-20(28)24(16)21-9-10-22-25(30-21)31-23(14-29-22)18-6-5-11-32(15-18)26(33)34-27(2,3)4/h9-10,12-14,17-18H,5-8,11,15H2,1-4H3/t18-/m1/s1. The number of pyridine rings is 1. The van der Waals surface area contributed by atoms with Crippen LogP contribution in [-0.2, 0) is 4.74 Å². The molecule has 3 aromatic rings. The van der Waals surface area contributed by atoms with E-state index in [0.717, 1.165) is 45.9 Å². The average molecular weight is 479 g/mol. The summed E-state index contributed by atoms with van der Waals surface area (Å²) in [7, 11) is 0. The van der Waals surface area contributed by atoms with Crippen molar-refractivity contribution in [3.63, 3.8) is 0 Å². The minimum absolute atomic E-state index is 0.103. The van der Waals surface area contributed by atoms with Crippen molar-refractivity contribution in [2.75, 3.05) is 13.1 Å². The molecule has 2 aliphatic rings. The Balaban J connectivity index is 1.42. The Morgan fingerprint density at radius 2 is 1.91 bits per heavy atom. The topological polar surface area (TPSA) is 68.2 Å². The van der Waals surface area contributed by atoms with Crippen LogP contribution in [0.15, 0.2) is 30.5 Å². The molecule has 0 bridgehead atoms. The van der Waals surface area contributed by atoms with Gasteiger partial charge in [-0.2, -0.15) is 0 Å². The molecule has 6 nitrogen and oxygen atoms in total. The van der Waals surface area contributed by atoms with Crippen molar-refractivity contribution in [3.8, 4) is 11.3 Å². The van der Waals surface area contributed by atoms with Gasteiger partial charge < -0.3 is 9.64 Å². The lowest BCUT2D eigenvalue weighted by atomic mass is 9.95. The van der Waals surface area contributed by atoms with Crippen molar-refractivity contribution in [3.05, 3.63) is 52.3 Å². The van der Waals surface area contributed by atoms with Crippen LogP contribution >= 0.6 is 11.6 Å². The number of hydrogen-bond acceptors (Lipinski definition) is 5. The van der Waals surface area contributed by atoms with Crippen molar-refractivity contribution in [1.82, 2.24) is 19.9 Å². The lowest BCUT2D eigenvalue weighted by Crippen LogP contribution is -2.42. The third-order valence-corrected chi connectivity index (χ3v) is 6.83. The summed E-state index contributed by atoms with van der Waals surface area (Å²) < 4.78 is 5.57. The van der Waals surface area contributed by atoms with E-state index < -0.39 is 5.60 Å². The van der Waals surface area contributed by atoms with Crippen LogP contribution in [0, 0.1) is 6.92 Å². The van der Waals surface area contributed by atoms with Gasteiger partial charge >= 0.3 is 6.09 Å². The lowest BCUT2D eigenvalue weighted by Gasteiger charge is -2.33. The van der Waals surface area contributed by atoms with Gasteiger partial charge in [0.2, 0.25) is 0 Å². The first kappa shape index (κ1) is 23.0. The van der Waals surface area contributed by atoms with E-state index in [0.29, 0.717) is 24.7 Å². The largest absolute Gasteiger partial charge is 0.444 e. The van der Waals surface area contributed by atoms with Gasteiger partial charge in [-0.05, 0) is 88.6 Å². The third-order valence-electron chi connectivity index (χ3n) is 6.53. The molecule has 178 valence electrons. The Morgan fingerprint density at radius 1 is 1.12 bits per heavy atom. The molecule has 1 aliphatic heterocycles. The molecule has 7 heteroatoms. The van der Waals surface area contributed by atoms with Gasteiger partial charge in [0.05, 0.1) is 16.4 Å². The summed E-state index contributed by atoms with van der Waals surface area (Å²) in [6.07, 6.45) is 5.88. The minimum atomic E-state index is -0.511. The minimum Gasteiger partial charge on any atom is -0.444 e. The predicted molar refractivity (Wildman–Crippen MR) is 134 cm³/mol. The van der Waals surface area contributed by atoms with Crippen molar-refractivity contribution >= 4 is 28.9 Å². The van der Waals surface area contributed by atoms with E-state index in [9.17, 15) is 4.79 Å². The number of carbonyl (C=O) groups excluding carboxylic acids is 1. The molecule has 1 atom stereocenters. The number of benzene rings is 1. The van der Waals surface area contributed by atoms with Crippen molar-refractivity contribution < 1.29 is 9.53 Å². The molecule has 5 rings (SSSR count). The predicted octanol–water partition coefficient (Wildman–Crippen LogP) is 6.65. The van der Waals surface area contributed by atoms with Gasteiger partial charge in [0.15, 0.2) is 5.65 Å². The molecule has 34 heavy (non-hydrogen) atoms. The summed E-state index contributed by atoms with van der Waals surface area (Å²) >= 11 is 6.71. The van der Waals surface area contributed by atoms with E-state index >= 15 is 0 Å². The number of aromatic nitrogens is 3. The molecule has 3 heterocycles. The number of amides is 1. The van der Waals surface area contributed by atoms with Gasteiger partial charge in [-0.3, -0.25) is 4.98 Å². The van der Waals surface area contributed by atoms with Crippen molar-refractivity contribution in [1.29, 1.82) is 0 Å². The zero-order valence-electron chi connectivity index (χ0n) is 20.3. The fourth-order valence-corrected chi connectivity index (χ4v) is 5.08. The quantitative estimate of drug-likeness (QED) is 0.421. The third kappa shape index (κ3) is 4.88. The molecule has 1 saturated heterocycles. The number of fused-ring (bicyclic) bond motifs is 1. The van der Waals surface area contributed by atoms with Gasteiger partial charge in [-0.25, -0.2) is 14.8 Å². The second-order valence-corrected chi connectivity index (χ2v) is 11.0. The molecule has 0 N–H and O–H groups in total. The fourth-order valence-electron chi connectivity index (χ4n) is 4.71. The second-order valence-electron chi connectivity index (χ2n) is 10.6.